The third-order valence-corrected chi connectivity index (χ3v) is 3.45. The van der Waals surface area contributed by atoms with E-state index in [1.54, 1.807) is 12.1 Å². The molecule has 0 bridgehead atoms. The largest absolute Gasteiger partial charge is 0.490 e. The van der Waals surface area contributed by atoms with E-state index in [-0.39, 0.29) is 5.84 Å². The lowest BCUT2D eigenvalue weighted by molar-refractivity contribution is 0.269. The molecule has 1 aromatic carbocycles. The van der Waals surface area contributed by atoms with Gasteiger partial charge in [0.05, 0.1) is 22.5 Å². The van der Waals surface area contributed by atoms with Crippen LogP contribution in [0.3, 0.4) is 0 Å². The summed E-state index contributed by atoms with van der Waals surface area (Å²) in [5.41, 5.74) is 5.08. The normalized spacial score (nSPS) is 11.4. The maximum absolute atomic E-state index is 7.45. The Morgan fingerprint density at radius 2 is 1.78 bits per heavy atom. The molecule has 0 atom stereocenters. The van der Waals surface area contributed by atoms with Crippen LogP contribution in [-0.2, 0) is 0 Å². The first-order chi connectivity index (χ1) is 8.24. The smallest absolute Gasteiger partial charge is 0.156 e. The molecule has 0 heterocycles. The fraction of sp³-hybridized carbons (Fsp3) is 0.417. The van der Waals surface area contributed by atoms with E-state index in [1.165, 1.54) is 0 Å². The average Bonchev–Trinajstić information content (AvgIpc) is 2.21. The van der Waals surface area contributed by atoms with Crippen LogP contribution < -0.4 is 10.5 Å². The highest BCUT2D eigenvalue weighted by Crippen LogP contribution is 2.36. The quantitative estimate of drug-likeness (QED) is 0.626. The monoisotopic (exact) mass is 308 g/mol. The molecule has 0 aromatic heterocycles. The molecule has 0 fully saturated rings. The highest BCUT2D eigenvalue weighted by atomic mass is 35.5. The Morgan fingerprint density at radius 3 is 2.22 bits per heavy atom. The van der Waals surface area contributed by atoms with Crippen LogP contribution in [-0.4, -0.2) is 12.4 Å². The number of amidine groups is 1. The summed E-state index contributed by atoms with van der Waals surface area (Å²) < 4.78 is 5.53. The Labute approximate surface area is 122 Å². The van der Waals surface area contributed by atoms with Crippen LogP contribution in [0.1, 0.15) is 20.3 Å². The van der Waals surface area contributed by atoms with Crippen LogP contribution in [0.2, 0.25) is 15.1 Å². The zero-order valence-electron chi connectivity index (χ0n) is 10.2. The van der Waals surface area contributed by atoms with E-state index in [2.05, 4.69) is 0 Å². The number of nitrogens with two attached hydrogens (primary N) is 1. The zero-order valence-corrected chi connectivity index (χ0v) is 12.5. The number of hydrogen-bond acceptors (Lipinski definition) is 2. The first-order valence-electron chi connectivity index (χ1n) is 5.36. The van der Waals surface area contributed by atoms with Crippen molar-refractivity contribution in [3.63, 3.8) is 0 Å². The second-order valence-corrected chi connectivity index (χ2v) is 5.85. The van der Waals surface area contributed by atoms with Crippen LogP contribution in [0.25, 0.3) is 0 Å². The van der Waals surface area contributed by atoms with Crippen molar-refractivity contribution in [2.75, 3.05) is 6.61 Å². The van der Waals surface area contributed by atoms with Gasteiger partial charge in [0.25, 0.3) is 0 Å². The van der Waals surface area contributed by atoms with Crippen molar-refractivity contribution in [2.45, 2.75) is 20.3 Å². The first kappa shape index (κ1) is 15.4. The van der Waals surface area contributed by atoms with Crippen molar-refractivity contribution < 1.29 is 4.74 Å². The van der Waals surface area contributed by atoms with Crippen molar-refractivity contribution in [3.8, 4) is 5.75 Å². The van der Waals surface area contributed by atoms with Gasteiger partial charge in [0.15, 0.2) is 5.75 Å². The number of ether oxygens (including phenoxy) is 1. The molecule has 3 N–H and O–H groups in total. The fourth-order valence-corrected chi connectivity index (χ4v) is 2.14. The van der Waals surface area contributed by atoms with E-state index in [9.17, 15) is 0 Å². The maximum Gasteiger partial charge on any atom is 0.156 e. The zero-order chi connectivity index (χ0) is 13.9. The Hall–Kier alpha value is -0.640. The van der Waals surface area contributed by atoms with E-state index < -0.39 is 5.41 Å². The second-order valence-electron chi connectivity index (χ2n) is 4.59. The SMILES string of the molecule is CC(C)(CCOc1c(Cl)cc(Cl)cc1Cl)C(=N)N. The first-order valence-corrected chi connectivity index (χ1v) is 6.49. The molecule has 0 aliphatic carbocycles. The fourth-order valence-electron chi connectivity index (χ4n) is 1.21. The van der Waals surface area contributed by atoms with Gasteiger partial charge >= 0.3 is 0 Å². The molecule has 1 rings (SSSR count). The van der Waals surface area contributed by atoms with Gasteiger partial charge in [-0.25, -0.2) is 0 Å². The summed E-state index contributed by atoms with van der Waals surface area (Å²) in [5, 5.41) is 8.64. The van der Waals surface area contributed by atoms with Gasteiger partial charge in [-0.2, -0.15) is 0 Å². The molecule has 1 aromatic rings. The molecule has 100 valence electrons. The predicted octanol–water partition coefficient (Wildman–Crippen LogP) is 4.38. The molecular formula is C12H15Cl3N2O. The van der Waals surface area contributed by atoms with Crippen molar-refractivity contribution in [1.82, 2.24) is 0 Å². The Morgan fingerprint density at radius 1 is 1.28 bits per heavy atom. The second kappa shape index (κ2) is 6.00. The minimum Gasteiger partial charge on any atom is -0.490 e. The molecule has 0 aliphatic rings. The number of hydrogen-bond donors (Lipinski definition) is 2. The van der Waals surface area contributed by atoms with Gasteiger partial charge in [-0.3, -0.25) is 5.41 Å². The molecule has 6 heteroatoms. The number of rotatable bonds is 5. The highest BCUT2D eigenvalue weighted by Gasteiger charge is 2.22. The topological polar surface area (TPSA) is 59.1 Å². The van der Waals surface area contributed by atoms with Gasteiger partial charge in [-0.1, -0.05) is 48.7 Å². The number of nitrogens with one attached hydrogen (secondary N) is 1. The van der Waals surface area contributed by atoms with Crippen LogP contribution in [0.4, 0.5) is 0 Å². The summed E-state index contributed by atoms with van der Waals surface area (Å²) in [4.78, 5) is 0. The Kier molecular flexibility index (Phi) is 5.14. The Bertz CT molecular complexity index is 438. The van der Waals surface area contributed by atoms with Crippen molar-refractivity contribution in [1.29, 1.82) is 5.41 Å². The van der Waals surface area contributed by atoms with Crippen molar-refractivity contribution in [3.05, 3.63) is 27.2 Å². The summed E-state index contributed by atoms with van der Waals surface area (Å²) in [6.07, 6.45) is 0.595. The molecular weight excluding hydrogens is 295 g/mol. The number of halogens is 3. The molecule has 0 amide bonds. The third kappa shape index (κ3) is 3.94. The lowest BCUT2D eigenvalue weighted by atomic mass is 9.88. The van der Waals surface area contributed by atoms with Gasteiger partial charge in [-0.15, -0.1) is 0 Å². The van der Waals surface area contributed by atoms with Gasteiger partial charge in [0.2, 0.25) is 0 Å². The Balaban J connectivity index is 2.68. The van der Waals surface area contributed by atoms with Gasteiger partial charge < -0.3 is 10.5 Å². The summed E-state index contributed by atoms with van der Waals surface area (Å²) in [6, 6.07) is 3.14. The van der Waals surface area contributed by atoms with Crippen LogP contribution >= 0.6 is 34.8 Å². The van der Waals surface area contributed by atoms with Gasteiger partial charge in [0.1, 0.15) is 0 Å². The van der Waals surface area contributed by atoms with Crippen LogP contribution in [0, 0.1) is 10.8 Å². The molecule has 0 saturated heterocycles. The molecule has 0 aliphatic heterocycles. The number of benzene rings is 1. The summed E-state index contributed by atoms with van der Waals surface area (Å²) >= 11 is 17.8. The molecule has 0 unspecified atom stereocenters. The third-order valence-electron chi connectivity index (χ3n) is 2.67. The van der Waals surface area contributed by atoms with Crippen molar-refractivity contribution >= 4 is 40.6 Å². The van der Waals surface area contributed by atoms with E-state index >= 15 is 0 Å². The minimum absolute atomic E-state index is 0.124. The molecule has 3 nitrogen and oxygen atoms in total. The lowest BCUT2D eigenvalue weighted by Gasteiger charge is -2.23. The summed E-state index contributed by atoms with van der Waals surface area (Å²) in [7, 11) is 0. The van der Waals surface area contributed by atoms with E-state index in [0.29, 0.717) is 33.8 Å². The van der Waals surface area contributed by atoms with E-state index in [0.717, 1.165) is 0 Å². The molecule has 0 spiro atoms. The minimum atomic E-state index is -0.411. The summed E-state index contributed by atoms with van der Waals surface area (Å²) in [6.45, 7) is 4.13. The molecule has 18 heavy (non-hydrogen) atoms. The van der Waals surface area contributed by atoms with Crippen LogP contribution in [0.5, 0.6) is 5.75 Å². The molecule has 0 saturated carbocycles. The van der Waals surface area contributed by atoms with E-state index in [4.69, 9.17) is 50.7 Å². The van der Waals surface area contributed by atoms with Gasteiger partial charge in [-0.05, 0) is 18.6 Å². The summed E-state index contributed by atoms with van der Waals surface area (Å²) in [5.74, 6) is 0.529. The van der Waals surface area contributed by atoms with Gasteiger partial charge in [0, 0.05) is 10.4 Å². The van der Waals surface area contributed by atoms with E-state index in [1.807, 2.05) is 13.8 Å². The van der Waals surface area contributed by atoms with Crippen LogP contribution in [0.15, 0.2) is 12.1 Å². The average molecular weight is 310 g/mol. The maximum atomic E-state index is 7.45. The standard InChI is InChI=1S/C12H15Cl3N2O/c1-12(2,11(16)17)3-4-18-10-8(14)5-7(13)6-9(10)15/h5-6H,3-4H2,1-2H3,(H3,16,17). The highest BCUT2D eigenvalue weighted by molar-refractivity contribution is 6.40. The molecule has 0 radical (unpaired) electrons. The van der Waals surface area contributed by atoms with Crippen molar-refractivity contribution in [2.24, 2.45) is 11.1 Å². The lowest BCUT2D eigenvalue weighted by Crippen LogP contribution is -2.32. The predicted molar refractivity (Wildman–Crippen MR) is 77.3 cm³/mol.